The van der Waals surface area contributed by atoms with E-state index in [2.05, 4.69) is 75.7 Å². The van der Waals surface area contributed by atoms with Crippen LogP contribution in [0, 0.1) is 0 Å². The van der Waals surface area contributed by atoms with E-state index < -0.39 is 16.1 Å². The van der Waals surface area contributed by atoms with Crippen LogP contribution in [0.3, 0.4) is 0 Å². The van der Waals surface area contributed by atoms with Crippen molar-refractivity contribution in [1.29, 1.82) is 0 Å². The van der Waals surface area contributed by atoms with Crippen LogP contribution >= 0.6 is 0 Å². The first-order chi connectivity index (χ1) is 11.1. The molecule has 24 heavy (non-hydrogen) atoms. The van der Waals surface area contributed by atoms with Gasteiger partial charge in [-0.25, -0.2) is 0 Å². The monoisotopic (exact) mass is 354 g/mol. The minimum Gasteiger partial charge on any atom is -0.0806 e. The Morgan fingerprint density at radius 3 is 1.21 bits per heavy atom. The van der Waals surface area contributed by atoms with Crippen LogP contribution in [0.5, 0.6) is 0 Å². The molecule has 0 aliphatic heterocycles. The maximum atomic E-state index is 2.75. The third kappa shape index (κ3) is 3.86. The van der Waals surface area contributed by atoms with E-state index in [0.717, 1.165) is 11.1 Å². The van der Waals surface area contributed by atoms with E-state index in [1.54, 1.807) is 11.1 Å². The van der Waals surface area contributed by atoms with Gasteiger partial charge in [0.1, 0.15) is 0 Å². The van der Waals surface area contributed by atoms with Crippen molar-refractivity contribution in [3.63, 3.8) is 0 Å². The fourth-order valence-electron chi connectivity index (χ4n) is 4.39. The van der Waals surface area contributed by atoms with Gasteiger partial charge in [0.2, 0.25) is 0 Å². The first-order valence-electron chi connectivity index (χ1n) is 9.63. The summed E-state index contributed by atoms with van der Waals surface area (Å²) in [6, 6.07) is 9.44. The van der Waals surface area contributed by atoms with E-state index >= 15 is 0 Å². The molecular formula is C22H34Si2. The molecule has 2 heteroatoms. The minimum absolute atomic E-state index is 0.747. The Kier molecular flexibility index (Phi) is 4.83. The first-order valence-corrected chi connectivity index (χ1v) is 16.8. The van der Waals surface area contributed by atoms with Crippen LogP contribution in [0.2, 0.25) is 50.4 Å². The van der Waals surface area contributed by atoms with Gasteiger partial charge in [0, 0.05) is 0 Å². The van der Waals surface area contributed by atoms with Gasteiger partial charge >= 0.3 is 0 Å². The summed E-state index contributed by atoms with van der Waals surface area (Å²) < 4.78 is 0. The zero-order valence-electron chi connectivity index (χ0n) is 16.4. The lowest BCUT2D eigenvalue weighted by Gasteiger charge is -2.40. The number of aryl methyl sites for hydroxylation is 2. The molecule has 0 heterocycles. The lowest BCUT2D eigenvalue weighted by Crippen LogP contribution is -2.35. The highest BCUT2D eigenvalue weighted by atomic mass is 28.3. The van der Waals surface area contributed by atoms with E-state index in [1.165, 1.54) is 36.8 Å². The predicted molar refractivity (Wildman–Crippen MR) is 113 cm³/mol. The van der Waals surface area contributed by atoms with E-state index in [1.807, 2.05) is 0 Å². The summed E-state index contributed by atoms with van der Waals surface area (Å²) in [6.45, 7) is 15.3. The van der Waals surface area contributed by atoms with Gasteiger partial charge in [-0.05, 0) is 47.9 Å². The van der Waals surface area contributed by atoms with Gasteiger partial charge in [0.05, 0.1) is 16.1 Å². The molecule has 0 spiro atoms. The molecule has 6 rings (SSSR count). The summed E-state index contributed by atoms with van der Waals surface area (Å²) in [5.74, 6) is 0. The second-order valence-corrected chi connectivity index (χ2v) is 20.7. The number of benzene rings is 1. The van der Waals surface area contributed by atoms with Crippen molar-refractivity contribution in [1.82, 2.24) is 0 Å². The molecule has 0 amide bonds. The van der Waals surface area contributed by atoms with Crippen molar-refractivity contribution in [2.45, 2.75) is 76.0 Å². The Hall–Kier alpha value is -0.866. The second-order valence-electron chi connectivity index (χ2n) is 9.99. The van der Waals surface area contributed by atoms with Crippen LogP contribution in [-0.2, 0) is 12.8 Å². The Balaban J connectivity index is 2.06. The molecule has 2 atom stereocenters. The van der Waals surface area contributed by atoms with Crippen molar-refractivity contribution in [3.05, 3.63) is 58.7 Å². The van der Waals surface area contributed by atoms with Crippen molar-refractivity contribution in [3.8, 4) is 0 Å². The summed E-state index contributed by atoms with van der Waals surface area (Å²) in [5, 5.41) is 0. The zero-order valence-corrected chi connectivity index (χ0v) is 18.4. The Bertz CT molecular complexity index is 592. The van der Waals surface area contributed by atoms with E-state index in [4.69, 9.17) is 0 Å². The quantitative estimate of drug-likeness (QED) is 0.402. The average Bonchev–Trinajstić information content (AvgIpc) is 2.47. The maximum Gasteiger partial charge on any atom is 0.0561 e. The summed E-state index contributed by atoms with van der Waals surface area (Å²) in [5.41, 5.74) is 8.03. The van der Waals surface area contributed by atoms with E-state index in [0.29, 0.717) is 0 Å². The molecule has 0 N–H and O–H groups in total. The summed E-state index contributed by atoms with van der Waals surface area (Å²) in [4.78, 5) is 0. The number of rotatable bonds is 2. The van der Waals surface area contributed by atoms with Crippen LogP contribution in [-0.4, -0.2) is 16.1 Å². The highest BCUT2D eigenvalue weighted by Crippen LogP contribution is 2.47. The van der Waals surface area contributed by atoms with Crippen LogP contribution < -0.4 is 0 Å². The van der Waals surface area contributed by atoms with Crippen molar-refractivity contribution < 1.29 is 0 Å². The zero-order chi connectivity index (χ0) is 17.5. The summed E-state index contributed by atoms with van der Waals surface area (Å²) in [7, 11) is -2.45. The minimum atomic E-state index is -1.22. The molecule has 130 valence electrons. The molecule has 1 aromatic rings. The van der Waals surface area contributed by atoms with E-state index in [9.17, 15) is 0 Å². The van der Waals surface area contributed by atoms with Gasteiger partial charge in [-0.15, -0.1) is 0 Å². The topological polar surface area (TPSA) is 0 Å². The number of allylic oxidation sites excluding steroid dienone is 4. The molecule has 0 saturated heterocycles. The molecule has 4 bridgehead atoms. The fraction of sp³-hybridized carbons (Fsp3) is 0.545. The molecule has 0 saturated carbocycles. The number of hydrogen-bond acceptors (Lipinski definition) is 0. The standard InChI is InChI=1S/C22H34Si2/c1-23(2,3)21-15-20-14-12-18-9-7-17(8-10-18)11-13-19(21)16-22(20)24(4,5)6/h7-10,15-16,21-22H,11-14H2,1-6H3/t21-,22-/m0/s1. The molecular weight excluding hydrogens is 320 g/mol. The third-order valence-corrected chi connectivity index (χ3v) is 10.7. The average molecular weight is 355 g/mol. The van der Waals surface area contributed by atoms with E-state index in [-0.39, 0.29) is 0 Å². The maximum absolute atomic E-state index is 2.75. The summed E-state index contributed by atoms with van der Waals surface area (Å²) >= 11 is 0. The molecule has 0 fully saturated rings. The van der Waals surface area contributed by atoms with Crippen LogP contribution in [0.15, 0.2) is 47.6 Å². The Morgan fingerprint density at radius 2 is 0.917 bits per heavy atom. The lowest BCUT2D eigenvalue weighted by molar-refractivity contribution is 0.812. The smallest absolute Gasteiger partial charge is 0.0561 e. The largest absolute Gasteiger partial charge is 0.0806 e. The van der Waals surface area contributed by atoms with Gasteiger partial charge in [-0.3, -0.25) is 0 Å². The molecule has 0 nitrogen and oxygen atoms in total. The van der Waals surface area contributed by atoms with Crippen LogP contribution in [0.1, 0.15) is 24.0 Å². The predicted octanol–water partition coefficient (Wildman–Crippen LogP) is 6.85. The molecule has 1 aromatic carbocycles. The normalized spacial score (nSPS) is 24.9. The Labute approximate surface area is 151 Å². The van der Waals surface area contributed by atoms with Gasteiger partial charge in [-0.1, -0.05) is 86.8 Å². The molecule has 0 aromatic heterocycles. The fourth-order valence-corrected chi connectivity index (χ4v) is 8.52. The molecule has 5 aliphatic rings. The van der Waals surface area contributed by atoms with Gasteiger partial charge in [0.15, 0.2) is 0 Å². The highest BCUT2D eigenvalue weighted by Gasteiger charge is 2.37. The molecule has 5 aliphatic carbocycles. The van der Waals surface area contributed by atoms with Gasteiger partial charge < -0.3 is 0 Å². The Morgan fingerprint density at radius 1 is 0.583 bits per heavy atom. The second kappa shape index (κ2) is 6.46. The van der Waals surface area contributed by atoms with Gasteiger partial charge in [-0.2, -0.15) is 0 Å². The molecule has 0 radical (unpaired) electrons. The first kappa shape index (κ1) is 17.9. The van der Waals surface area contributed by atoms with Crippen molar-refractivity contribution in [2.24, 2.45) is 0 Å². The third-order valence-electron chi connectivity index (χ3n) is 5.85. The van der Waals surface area contributed by atoms with Crippen molar-refractivity contribution in [2.75, 3.05) is 0 Å². The van der Waals surface area contributed by atoms with Crippen molar-refractivity contribution >= 4 is 16.1 Å². The van der Waals surface area contributed by atoms with Crippen LogP contribution in [0.4, 0.5) is 0 Å². The highest BCUT2D eigenvalue weighted by molar-refractivity contribution is 6.80. The summed E-state index contributed by atoms with van der Waals surface area (Å²) in [6.07, 6.45) is 10.4. The van der Waals surface area contributed by atoms with Gasteiger partial charge in [0.25, 0.3) is 0 Å². The SMILES string of the molecule is C[Si](C)(C)[C@H]1C=C2CCc3ccc(cc3)CCC1=C[C@@H]2[Si](C)(C)C. The number of hydrogen-bond donors (Lipinski definition) is 0. The lowest BCUT2D eigenvalue weighted by atomic mass is 9.89. The van der Waals surface area contributed by atoms with Crippen LogP contribution in [0.25, 0.3) is 0 Å². The molecule has 0 unspecified atom stereocenters.